The van der Waals surface area contributed by atoms with Gasteiger partial charge in [0, 0.05) is 36.7 Å². The van der Waals surface area contributed by atoms with Crippen LogP contribution in [0.15, 0.2) is 54.0 Å². The summed E-state index contributed by atoms with van der Waals surface area (Å²) in [6.45, 7) is 2.24. The van der Waals surface area contributed by atoms with Crippen LogP contribution in [0.2, 0.25) is 0 Å². The Kier molecular flexibility index (Phi) is 7.88. The second-order valence-electron chi connectivity index (χ2n) is 6.24. The molecular weight excluding hydrogens is 385 g/mol. The number of pyridine rings is 1. The van der Waals surface area contributed by atoms with Gasteiger partial charge in [-0.25, -0.2) is 9.97 Å². The lowest BCUT2D eigenvalue weighted by atomic mass is 10.1. The summed E-state index contributed by atoms with van der Waals surface area (Å²) in [7, 11) is 0. The van der Waals surface area contributed by atoms with Crippen molar-refractivity contribution in [3.8, 4) is 11.3 Å². The Labute approximate surface area is 171 Å². The largest absolute Gasteiger partial charge is 0.357 e. The number of piperidine rings is 1. The maximum absolute atomic E-state index is 4.83. The Bertz CT molecular complexity index is 802. The number of thiazole rings is 1. The summed E-state index contributed by atoms with van der Waals surface area (Å²) in [5.74, 6) is 1.09. The van der Waals surface area contributed by atoms with Crippen molar-refractivity contribution in [2.45, 2.75) is 25.7 Å². The first-order valence-corrected chi connectivity index (χ1v) is 9.46. The lowest BCUT2D eigenvalue weighted by molar-refractivity contribution is 0.573. The zero-order chi connectivity index (χ0) is 16.2. The van der Waals surface area contributed by atoms with Crippen LogP contribution in [0.5, 0.6) is 0 Å². The normalized spacial score (nSPS) is 13.6. The third-order valence-electron chi connectivity index (χ3n) is 4.47. The molecule has 1 saturated heterocycles. The monoisotopic (exact) mass is 407 g/mol. The number of anilines is 1. The fourth-order valence-electron chi connectivity index (χ4n) is 3.17. The molecule has 1 fully saturated rings. The summed E-state index contributed by atoms with van der Waals surface area (Å²) in [5.41, 5.74) is 3.54. The molecule has 3 aromatic rings. The van der Waals surface area contributed by atoms with Crippen molar-refractivity contribution in [2.75, 3.05) is 18.0 Å². The van der Waals surface area contributed by atoms with E-state index in [1.807, 2.05) is 6.20 Å². The molecule has 26 heavy (non-hydrogen) atoms. The molecule has 0 aliphatic carbocycles. The van der Waals surface area contributed by atoms with E-state index < -0.39 is 0 Å². The maximum atomic E-state index is 4.83. The highest BCUT2D eigenvalue weighted by Crippen LogP contribution is 2.27. The quantitative estimate of drug-likeness (QED) is 0.560. The molecule has 138 valence electrons. The smallest absolute Gasteiger partial charge is 0.129 e. The van der Waals surface area contributed by atoms with Gasteiger partial charge in [0.25, 0.3) is 0 Å². The van der Waals surface area contributed by atoms with Crippen molar-refractivity contribution in [2.24, 2.45) is 0 Å². The molecule has 0 saturated carbocycles. The number of hydrogen-bond acceptors (Lipinski definition) is 4. The standard InChI is InChI=1S/C20H21N3S.2ClH/c1-3-7-16(8-4-1)13-20-22-18(15-24-20)17-9-10-21-19(14-17)23-11-5-2-6-12-23;;/h1,3-4,7-10,14-15H,2,5-6,11-13H2;2*1H. The minimum absolute atomic E-state index is 0. The van der Waals surface area contributed by atoms with E-state index in [0.29, 0.717) is 0 Å². The van der Waals surface area contributed by atoms with Gasteiger partial charge in [0.15, 0.2) is 0 Å². The molecule has 0 spiro atoms. The van der Waals surface area contributed by atoms with Gasteiger partial charge in [-0.05, 0) is 37.0 Å². The highest BCUT2D eigenvalue weighted by Gasteiger charge is 2.13. The molecule has 3 nitrogen and oxygen atoms in total. The predicted octanol–water partition coefficient (Wildman–Crippen LogP) is 5.63. The molecule has 4 rings (SSSR count). The van der Waals surface area contributed by atoms with E-state index in [4.69, 9.17) is 4.98 Å². The molecule has 0 atom stereocenters. The summed E-state index contributed by atoms with van der Waals surface area (Å²) in [6, 6.07) is 14.8. The highest BCUT2D eigenvalue weighted by molar-refractivity contribution is 7.10. The Morgan fingerprint density at radius 1 is 0.962 bits per heavy atom. The van der Waals surface area contributed by atoms with Crippen LogP contribution in [-0.4, -0.2) is 23.1 Å². The van der Waals surface area contributed by atoms with Crippen LogP contribution in [0, 0.1) is 0 Å². The van der Waals surface area contributed by atoms with Crippen molar-refractivity contribution in [1.29, 1.82) is 0 Å². The van der Waals surface area contributed by atoms with E-state index >= 15 is 0 Å². The lowest BCUT2D eigenvalue weighted by Gasteiger charge is -2.27. The number of benzene rings is 1. The predicted molar refractivity (Wildman–Crippen MR) is 115 cm³/mol. The van der Waals surface area contributed by atoms with Gasteiger partial charge in [-0.15, -0.1) is 36.2 Å². The first-order valence-electron chi connectivity index (χ1n) is 8.58. The first kappa shape index (κ1) is 20.7. The van der Waals surface area contributed by atoms with Crippen molar-refractivity contribution in [3.05, 3.63) is 64.6 Å². The van der Waals surface area contributed by atoms with E-state index in [-0.39, 0.29) is 24.8 Å². The zero-order valence-electron chi connectivity index (χ0n) is 14.5. The number of rotatable bonds is 4. The molecule has 1 aromatic carbocycles. The summed E-state index contributed by atoms with van der Waals surface area (Å²) >= 11 is 1.74. The number of halogens is 2. The Morgan fingerprint density at radius 3 is 2.50 bits per heavy atom. The SMILES string of the molecule is Cl.Cl.c1ccc(Cc2nc(-c3ccnc(N4CCCCC4)c3)cs2)cc1. The minimum Gasteiger partial charge on any atom is -0.357 e. The topological polar surface area (TPSA) is 29.0 Å². The number of aromatic nitrogens is 2. The summed E-state index contributed by atoms with van der Waals surface area (Å²) in [6.07, 6.45) is 6.68. The first-order chi connectivity index (χ1) is 11.9. The Hall–Kier alpha value is -1.62. The van der Waals surface area contributed by atoms with Crippen LogP contribution in [0.4, 0.5) is 5.82 Å². The fraction of sp³-hybridized carbons (Fsp3) is 0.300. The van der Waals surface area contributed by atoms with Gasteiger partial charge >= 0.3 is 0 Å². The molecule has 0 radical (unpaired) electrons. The summed E-state index contributed by atoms with van der Waals surface area (Å²) in [4.78, 5) is 11.8. The van der Waals surface area contributed by atoms with E-state index in [2.05, 4.69) is 57.7 Å². The molecule has 0 N–H and O–H groups in total. The number of hydrogen-bond donors (Lipinski definition) is 0. The van der Waals surface area contributed by atoms with Crippen molar-refractivity contribution >= 4 is 42.0 Å². The molecule has 0 bridgehead atoms. The van der Waals surface area contributed by atoms with Gasteiger partial charge in [-0.1, -0.05) is 30.3 Å². The highest BCUT2D eigenvalue weighted by atomic mass is 35.5. The second kappa shape index (κ2) is 9.91. The average Bonchev–Trinajstić information content (AvgIpc) is 3.12. The van der Waals surface area contributed by atoms with Crippen molar-refractivity contribution in [1.82, 2.24) is 9.97 Å². The molecule has 2 aromatic heterocycles. The average molecular weight is 408 g/mol. The van der Waals surface area contributed by atoms with E-state index in [9.17, 15) is 0 Å². The van der Waals surface area contributed by atoms with Crippen LogP contribution in [0.1, 0.15) is 29.8 Å². The minimum atomic E-state index is 0. The van der Waals surface area contributed by atoms with Gasteiger partial charge in [0.1, 0.15) is 5.82 Å². The van der Waals surface area contributed by atoms with E-state index in [1.165, 1.54) is 30.4 Å². The zero-order valence-corrected chi connectivity index (χ0v) is 17.0. The van der Waals surface area contributed by atoms with Crippen LogP contribution in [0.3, 0.4) is 0 Å². The fourth-order valence-corrected chi connectivity index (χ4v) is 4.01. The summed E-state index contributed by atoms with van der Waals surface area (Å²) < 4.78 is 0. The van der Waals surface area contributed by atoms with Gasteiger partial charge in [-0.2, -0.15) is 0 Å². The molecule has 1 aliphatic rings. The van der Waals surface area contributed by atoms with Gasteiger partial charge in [-0.3, -0.25) is 0 Å². The second-order valence-corrected chi connectivity index (χ2v) is 7.18. The maximum Gasteiger partial charge on any atom is 0.129 e. The van der Waals surface area contributed by atoms with Gasteiger partial charge in [0.2, 0.25) is 0 Å². The molecule has 0 amide bonds. The van der Waals surface area contributed by atoms with Gasteiger partial charge < -0.3 is 4.90 Å². The van der Waals surface area contributed by atoms with Crippen molar-refractivity contribution in [3.63, 3.8) is 0 Å². The third-order valence-corrected chi connectivity index (χ3v) is 5.32. The van der Waals surface area contributed by atoms with Crippen molar-refractivity contribution < 1.29 is 0 Å². The molecule has 6 heteroatoms. The van der Waals surface area contributed by atoms with E-state index in [0.717, 1.165) is 36.0 Å². The van der Waals surface area contributed by atoms with Gasteiger partial charge in [0.05, 0.1) is 10.7 Å². The summed E-state index contributed by atoms with van der Waals surface area (Å²) in [5, 5.41) is 3.32. The van der Waals surface area contributed by atoms with Crippen LogP contribution >= 0.6 is 36.2 Å². The van der Waals surface area contributed by atoms with E-state index in [1.54, 1.807) is 11.3 Å². The molecule has 0 unspecified atom stereocenters. The molecule has 3 heterocycles. The number of nitrogens with zero attached hydrogens (tertiary/aromatic N) is 3. The van der Waals surface area contributed by atoms with Crippen LogP contribution in [0.25, 0.3) is 11.3 Å². The van der Waals surface area contributed by atoms with Crippen LogP contribution in [-0.2, 0) is 6.42 Å². The molecular formula is C20H23Cl2N3S. The third kappa shape index (κ3) is 4.97. The Morgan fingerprint density at radius 2 is 1.73 bits per heavy atom. The lowest BCUT2D eigenvalue weighted by Crippen LogP contribution is -2.30. The van der Waals surface area contributed by atoms with Crippen LogP contribution < -0.4 is 4.90 Å². The molecule has 1 aliphatic heterocycles. The Balaban J connectivity index is 0.00000121.